The molecule has 0 aliphatic carbocycles. The lowest BCUT2D eigenvalue weighted by Gasteiger charge is -2.31. The van der Waals surface area contributed by atoms with Crippen LogP contribution in [-0.4, -0.2) is 59.8 Å². The Kier molecular flexibility index (Phi) is 7.82. The molecule has 0 spiro atoms. The first-order chi connectivity index (χ1) is 16.9. The minimum absolute atomic E-state index is 0.0498. The van der Waals surface area contributed by atoms with Crippen molar-refractivity contribution in [1.82, 2.24) is 26.0 Å². The second kappa shape index (κ2) is 11.0. The maximum Gasteiger partial charge on any atom is 0.344 e. The number of imide groups is 1. The zero-order valence-electron chi connectivity index (χ0n) is 19.8. The molecule has 1 atom stereocenters. The van der Waals surface area contributed by atoms with Crippen molar-refractivity contribution in [3.63, 3.8) is 0 Å². The fraction of sp³-hybridized carbons (Fsp3) is 0.440. The molecule has 1 unspecified atom stereocenters. The van der Waals surface area contributed by atoms with E-state index >= 15 is 0 Å². The molecule has 35 heavy (non-hydrogen) atoms. The summed E-state index contributed by atoms with van der Waals surface area (Å²) in [5, 5.41) is 8.57. The van der Waals surface area contributed by atoms with Crippen molar-refractivity contribution in [3.05, 3.63) is 58.3 Å². The molecule has 2 aromatic rings. The van der Waals surface area contributed by atoms with Gasteiger partial charge >= 0.3 is 6.03 Å². The van der Waals surface area contributed by atoms with Crippen molar-refractivity contribution in [2.24, 2.45) is 5.92 Å². The number of urea groups is 1. The highest BCUT2D eigenvalue weighted by molar-refractivity contribution is 7.09. The lowest BCUT2D eigenvalue weighted by atomic mass is 9.87. The van der Waals surface area contributed by atoms with Crippen LogP contribution in [-0.2, 0) is 26.3 Å². The number of thiophene rings is 1. The number of nitrogens with zero attached hydrogens (tertiary/aromatic N) is 2. The van der Waals surface area contributed by atoms with Crippen molar-refractivity contribution in [3.8, 4) is 0 Å². The van der Waals surface area contributed by atoms with E-state index in [2.05, 4.69) is 22.1 Å². The number of carbonyl (C=O) groups excluding carboxylic acids is 4. The Balaban J connectivity index is 1.24. The molecule has 3 heterocycles. The van der Waals surface area contributed by atoms with Crippen LogP contribution < -0.4 is 16.1 Å². The molecule has 2 aliphatic heterocycles. The minimum atomic E-state index is -1.19. The predicted molar refractivity (Wildman–Crippen MR) is 132 cm³/mol. The largest absolute Gasteiger partial charge is 0.355 e. The van der Waals surface area contributed by atoms with E-state index in [1.54, 1.807) is 35.6 Å². The summed E-state index contributed by atoms with van der Waals surface area (Å²) in [6.45, 7) is 3.68. The molecule has 4 rings (SSSR count). The molecule has 2 fully saturated rings. The van der Waals surface area contributed by atoms with E-state index in [0.717, 1.165) is 11.4 Å². The van der Waals surface area contributed by atoms with Gasteiger partial charge in [-0.05, 0) is 55.8 Å². The molecule has 5 amide bonds. The summed E-state index contributed by atoms with van der Waals surface area (Å²) in [4.78, 5) is 54.0. The highest BCUT2D eigenvalue weighted by Crippen LogP contribution is 2.31. The van der Waals surface area contributed by atoms with Crippen LogP contribution >= 0.6 is 11.3 Å². The molecular formula is C25H31N5O4S. The Labute approximate surface area is 208 Å². The summed E-state index contributed by atoms with van der Waals surface area (Å²) < 4.78 is 0. The SMILES string of the molecule is CCC1(c2ccccc2)NC(=O)N(NC(=O)CN2CCC(C(=O)NCCc3cccs3)CC2)C1=O. The molecule has 0 radical (unpaired) electrons. The second-order valence-electron chi connectivity index (χ2n) is 8.90. The Morgan fingerprint density at radius 1 is 1.11 bits per heavy atom. The number of carbonyl (C=O) groups is 4. The first-order valence-corrected chi connectivity index (χ1v) is 12.8. The normalized spacial score (nSPS) is 21.1. The van der Waals surface area contributed by atoms with Gasteiger partial charge in [-0.2, -0.15) is 5.01 Å². The lowest BCUT2D eigenvalue weighted by molar-refractivity contribution is -0.140. The zero-order valence-corrected chi connectivity index (χ0v) is 20.6. The number of piperidine rings is 1. The number of benzene rings is 1. The van der Waals surface area contributed by atoms with Crippen molar-refractivity contribution in [2.45, 2.75) is 38.1 Å². The average Bonchev–Trinajstić information content (AvgIpc) is 3.47. The summed E-state index contributed by atoms with van der Waals surface area (Å²) >= 11 is 1.68. The molecular weight excluding hydrogens is 466 g/mol. The molecule has 0 saturated carbocycles. The van der Waals surface area contributed by atoms with Gasteiger partial charge in [-0.1, -0.05) is 43.3 Å². The number of amides is 5. The van der Waals surface area contributed by atoms with E-state index in [0.29, 0.717) is 44.5 Å². The molecule has 2 saturated heterocycles. The smallest absolute Gasteiger partial charge is 0.344 e. The van der Waals surface area contributed by atoms with Gasteiger partial charge in [0.1, 0.15) is 5.54 Å². The van der Waals surface area contributed by atoms with Crippen LogP contribution in [0.3, 0.4) is 0 Å². The third-order valence-electron chi connectivity index (χ3n) is 6.70. The van der Waals surface area contributed by atoms with Gasteiger partial charge in [0.25, 0.3) is 11.8 Å². The summed E-state index contributed by atoms with van der Waals surface area (Å²) in [5.41, 5.74) is 1.95. The van der Waals surface area contributed by atoms with Gasteiger partial charge in [-0.15, -0.1) is 11.3 Å². The number of nitrogens with one attached hydrogen (secondary N) is 3. The van der Waals surface area contributed by atoms with Crippen molar-refractivity contribution in [2.75, 3.05) is 26.2 Å². The second-order valence-corrected chi connectivity index (χ2v) is 9.93. The third kappa shape index (κ3) is 5.54. The van der Waals surface area contributed by atoms with E-state index < -0.39 is 23.4 Å². The van der Waals surface area contributed by atoms with Gasteiger partial charge in [-0.25, -0.2) is 4.79 Å². The Morgan fingerprint density at radius 3 is 2.51 bits per heavy atom. The van der Waals surface area contributed by atoms with E-state index in [1.165, 1.54) is 4.88 Å². The molecule has 2 aliphatic rings. The van der Waals surface area contributed by atoms with Crippen LogP contribution in [0.25, 0.3) is 0 Å². The van der Waals surface area contributed by atoms with Crippen LogP contribution in [0.5, 0.6) is 0 Å². The Bertz CT molecular complexity index is 1050. The van der Waals surface area contributed by atoms with Gasteiger partial charge in [0.15, 0.2) is 0 Å². The fourth-order valence-corrected chi connectivity index (χ4v) is 5.37. The van der Waals surface area contributed by atoms with E-state index in [1.807, 2.05) is 29.3 Å². The molecule has 1 aromatic heterocycles. The first-order valence-electron chi connectivity index (χ1n) is 12.0. The van der Waals surface area contributed by atoms with Gasteiger partial charge in [-0.3, -0.25) is 24.7 Å². The first kappa shape index (κ1) is 24.9. The molecule has 10 heteroatoms. The summed E-state index contributed by atoms with van der Waals surface area (Å²) in [5.74, 6) is -0.948. The number of likely N-dealkylation sites (tertiary alicyclic amines) is 1. The van der Waals surface area contributed by atoms with Gasteiger partial charge < -0.3 is 10.6 Å². The number of rotatable bonds is 9. The van der Waals surface area contributed by atoms with Crippen molar-refractivity contribution in [1.29, 1.82) is 0 Å². The van der Waals surface area contributed by atoms with E-state index in [-0.39, 0.29) is 18.4 Å². The van der Waals surface area contributed by atoms with Gasteiger partial charge in [0.05, 0.1) is 6.54 Å². The average molecular weight is 498 g/mol. The van der Waals surface area contributed by atoms with Crippen LogP contribution in [0.1, 0.15) is 36.6 Å². The maximum absolute atomic E-state index is 13.1. The quantitative estimate of drug-likeness (QED) is 0.459. The highest BCUT2D eigenvalue weighted by atomic mass is 32.1. The van der Waals surface area contributed by atoms with Crippen LogP contribution in [0, 0.1) is 5.92 Å². The minimum Gasteiger partial charge on any atom is -0.355 e. The number of hydrazine groups is 1. The number of hydrogen-bond donors (Lipinski definition) is 3. The summed E-state index contributed by atoms with van der Waals surface area (Å²) in [7, 11) is 0. The summed E-state index contributed by atoms with van der Waals surface area (Å²) in [6, 6.07) is 12.4. The Morgan fingerprint density at radius 2 is 1.86 bits per heavy atom. The van der Waals surface area contributed by atoms with Crippen molar-refractivity contribution >= 4 is 35.1 Å². The standard InChI is InChI=1S/C25H31N5O4S/c1-2-25(19-7-4-3-5-8-19)23(33)30(24(34)27-25)28-21(31)17-29-14-11-18(12-15-29)22(32)26-13-10-20-9-6-16-35-20/h3-9,16,18H,2,10-15,17H2,1H3,(H,26,32)(H,27,34)(H,28,31). The highest BCUT2D eigenvalue weighted by Gasteiger charge is 2.52. The van der Waals surface area contributed by atoms with Gasteiger partial charge in [0, 0.05) is 17.3 Å². The lowest BCUT2D eigenvalue weighted by Crippen LogP contribution is -2.52. The Hall–Kier alpha value is -3.24. The monoisotopic (exact) mass is 497 g/mol. The van der Waals surface area contributed by atoms with Crippen LogP contribution in [0.2, 0.25) is 0 Å². The molecule has 3 N–H and O–H groups in total. The van der Waals surface area contributed by atoms with Crippen molar-refractivity contribution < 1.29 is 19.2 Å². The zero-order chi connectivity index (χ0) is 24.8. The molecule has 186 valence electrons. The van der Waals surface area contributed by atoms with E-state index in [4.69, 9.17) is 0 Å². The molecule has 0 bridgehead atoms. The third-order valence-corrected chi connectivity index (χ3v) is 7.64. The van der Waals surface area contributed by atoms with Crippen LogP contribution in [0.4, 0.5) is 4.79 Å². The molecule has 9 nitrogen and oxygen atoms in total. The maximum atomic E-state index is 13.1. The summed E-state index contributed by atoms with van der Waals surface area (Å²) in [6.07, 6.45) is 2.51. The predicted octanol–water partition coefficient (Wildman–Crippen LogP) is 2.01. The molecule has 1 aromatic carbocycles. The fourth-order valence-electron chi connectivity index (χ4n) is 4.66. The number of hydrogen-bond acceptors (Lipinski definition) is 6. The van der Waals surface area contributed by atoms with E-state index in [9.17, 15) is 19.2 Å². The van der Waals surface area contributed by atoms with Gasteiger partial charge in [0.2, 0.25) is 5.91 Å². The van der Waals surface area contributed by atoms with Crippen LogP contribution in [0.15, 0.2) is 47.8 Å². The topological polar surface area (TPSA) is 111 Å².